The number of aryl methyl sites for hydroxylation is 2. The monoisotopic (exact) mass is 347 g/mol. The molecule has 0 saturated heterocycles. The van der Waals surface area contributed by atoms with E-state index in [0.717, 1.165) is 29.1 Å². The van der Waals surface area contributed by atoms with E-state index < -0.39 is 0 Å². The second kappa shape index (κ2) is 7.91. The topological polar surface area (TPSA) is 46.1 Å². The van der Waals surface area contributed by atoms with Crippen molar-refractivity contribution in [3.05, 3.63) is 88.7 Å². The SMILES string of the molecule is Cc1ccccc1Cn1cccc1CNC(=O)Nc1cccc(C)c1C. The van der Waals surface area contributed by atoms with Gasteiger partial charge in [0.2, 0.25) is 0 Å². The maximum atomic E-state index is 12.3. The minimum absolute atomic E-state index is 0.192. The van der Waals surface area contributed by atoms with Crippen molar-refractivity contribution < 1.29 is 4.79 Å². The fourth-order valence-corrected chi connectivity index (χ4v) is 2.96. The lowest BCUT2D eigenvalue weighted by molar-refractivity contribution is 0.251. The smallest absolute Gasteiger partial charge is 0.319 e. The molecule has 2 aromatic carbocycles. The zero-order valence-electron chi connectivity index (χ0n) is 15.5. The van der Waals surface area contributed by atoms with E-state index in [-0.39, 0.29) is 6.03 Å². The highest BCUT2D eigenvalue weighted by Gasteiger charge is 2.08. The Balaban J connectivity index is 1.62. The van der Waals surface area contributed by atoms with Gasteiger partial charge < -0.3 is 15.2 Å². The summed E-state index contributed by atoms with van der Waals surface area (Å²) < 4.78 is 2.17. The summed E-state index contributed by atoms with van der Waals surface area (Å²) in [4.78, 5) is 12.3. The molecule has 0 radical (unpaired) electrons. The van der Waals surface area contributed by atoms with Gasteiger partial charge in [-0.3, -0.25) is 0 Å². The molecule has 3 aromatic rings. The zero-order valence-corrected chi connectivity index (χ0v) is 15.5. The third-order valence-electron chi connectivity index (χ3n) is 4.81. The fourth-order valence-electron chi connectivity index (χ4n) is 2.96. The third-order valence-corrected chi connectivity index (χ3v) is 4.81. The van der Waals surface area contributed by atoms with Gasteiger partial charge in [0.25, 0.3) is 0 Å². The van der Waals surface area contributed by atoms with Gasteiger partial charge in [0.1, 0.15) is 0 Å². The molecule has 0 aliphatic carbocycles. The largest absolute Gasteiger partial charge is 0.345 e. The van der Waals surface area contributed by atoms with Crippen molar-refractivity contribution in [3.8, 4) is 0 Å². The number of carbonyl (C=O) groups is 1. The average molecular weight is 347 g/mol. The van der Waals surface area contributed by atoms with Crippen molar-refractivity contribution >= 4 is 11.7 Å². The van der Waals surface area contributed by atoms with E-state index in [1.54, 1.807) is 0 Å². The van der Waals surface area contributed by atoms with Crippen molar-refractivity contribution in [1.29, 1.82) is 0 Å². The number of nitrogens with one attached hydrogen (secondary N) is 2. The Morgan fingerprint density at radius 3 is 2.50 bits per heavy atom. The molecule has 2 N–H and O–H groups in total. The molecular formula is C22H25N3O. The molecule has 2 amide bonds. The van der Waals surface area contributed by atoms with Gasteiger partial charge in [0.15, 0.2) is 0 Å². The molecule has 26 heavy (non-hydrogen) atoms. The number of aromatic nitrogens is 1. The minimum atomic E-state index is -0.192. The van der Waals surface area contributed by atoms with Crippen LogP contribution in [0.4, 0.5) is 10.5 Å². The summed E-state index contributed by atoms with van der Waals surface area (Å²) in [5.74, 6) is 0. The summed E-state index contributed by atoms with van der Waals surface area (Å²) in [6, 6.07) is 18.1. The molecule has 4 nitrogen and oxygen atoms in total. The summed E-state index contributed by atoms with van der Waals surface area (Å²) in [5.41, 5.74) is 6.72. The highest BCUT2D eigenvalue weighted by atomic mass is 16.2. The molecule has 0 atom stereocenters. The molecule has 0 spiro atoms. The number of amides is 2. The van der Waals surface area contributed by atoms with Gasteiger partial charge in [-0.1, -0.05) is 36.4 Å². The summed E-state index contributed by atoms with van der Waals surface area (Å²) in [7, 11) is 0. The number of hydrogen-bond donors (Lipinski definition) is 2. The van der Waals surface area contributed by atoms with Crippen LogP contribution in [0.2, 0.25) is 0 Å². The first-order valence-electron chi connectivity index (χ1n) is 8.84. The van der Waals surface area contributed by atoms with Crippen LogP contribution >= 0.6 is 0 Å². The Labute approximate surface area is 154 Å². The summed E-state index contributed by atoms with van der Waals surface area (Å²) in [6.45, 7) is 7.45. The number of carbonyl (C=O) groups excluding carboxylic acids is 1. The lowest BCUT2D eigenvalue weighted by Gasteiger charge is -2.14. The van der Waals surface area contributed by atoms with Gasteiger partial charge in [0, 0.05) is 24.1 Å². The number of hydrogen-bond acceptors (Lipinski definition) is 1. The summed E-state index contributed by atoms with van der Waals surface area (Å²) >= 11 is 0. The molecule has 0 unspecified atom stereocenters. The quantitative estimate of drug-likeness (QED) is 0.685. The molecule has 3 rings (SSSR count). The normalized spacial score (nSPS) is 10.6. The maximum Gasteiger partial charge on any atom is 0.319 e. The van der Waals surface area contributed by atoms with Gasteiger partial charge in [-0.05, 0) is 61.2 Å². The van der Waals surface area contributed by atoms with Crippen molar-refractivity contribution in [2.75, 3.05) is 5.32 Å². The van der Waals surface area contributed by atoms with Crippen LogP contribution in [0.1, 0.15) is 27.9 Å². The van der Waals surface area contributed by atoms with Gasteiger partial charge in [-0.25, -0.2) is 4.79 Å². The lowest BCUT2D eigenvalue weighted by atomic mass is 10.1. The summed E-state index contributed by atoms with van der Waals surface area (Å²) in [5, 5.41) is 5.88. The van der Waals surface area contributed by atoms with E-state index in [0.29, 0.717) is 6.54 Å². The molecular weight excluding hydrogens is 322 g/mol. The second-order valence-corrected chi connectivity index (χ2v) is 6.61. The Bertz CT molecular complexity index is 911. The van der Waals surface area contributed by atoms with Crippen molar-refractivity contribution in [2.24, 2.45) is 0 Å². The van der Waals surface area contributed by atoms with Gasteiger partial charge in [0.05, 0.1) is 6.54 Å². The highest BCUT2D eigenvalue weighted by Crippen LogP contribution is 2.18. The van der Waals surface area contributed by atoms with E-state index in [2.05, 4.69) is 46.4 Å². The predicted octanol–water partition coefficient (Wildman–Crippen LogP) is 4.78. The van der Waals surface area contributed by atoms with Crippen LogP contribution in [0.3, 0.4) is 0 Å². The zero-order chi connectivity index (χ0) is 18.5. The first-order valence-corrected chi connectivity index (χ1v) is 8.84. The van der Waals surface area contributed by atoms with Crippen molar-refractivity contribution in [1.82, 2.24) is 9.88 Å². The molecule has 0 saturated carbocycles. The molecule has 4 heteroatoms. The van der Waals surface area contributed by atoms with Crippen LogP contribution < -0.4 is 10.6 Å². The summed E-state index contributed by atoms with van der Waals surface area (Å²) in [6.07, 6.45) is 2.05. The van der Waals surface area contributed by atoms with Crippen LogP contribution in [-0.4, -0.2) is 10.6 Å². The first kappa shape index (κ1) is 17.8. The van der Waals surface area contributed by atoms with E-state index >= 15 is 0 Å². The molecule has 0 bridgehead atoms. The number of anilines is 1. The number of urea groups is 1. The van der Waals surface area contributed by atoms with E-state index in [1.807, 2.05) is 50.4 Å². The van der Waals surface area contributed by atoms with Gasteiger partial charge in [-0.2, -0.15) is 0 Å². The van der Waals surface area contributed by atoms with Crippen molar-refractivity contribution in [3.63, 3.8) is 0 Å². The first-order chi connectivity index (χ1) is 12.5. The molecule has 0 aliphatic heterocycles. The number of rotatable bonds is 5. The standard InChI is InChI=1S/C22H25N3O/c1-16-9-6-12-21(18(16)3)24-22(26)23-14-20-11-7-13-25(20)15-19-10-5-4-8-17(19)2/h4-13H,14-15H2,1-3H3,(H2,23,24,26). The van der Waals surface area contributed by atoms with Gasteiger partial charge >= 0.3 is 6.03 Å². The average Bonchev–Trinajstić information content (AvgIpc) is 3.06. The maximum absolute atomic E-state index is 12.3. The van der Waals surface area contributed by atoms with Gasteiger partial charge in [-0.15, -0.1) is 0 Å². The highest BCUT2D eigenvalue weighted by molar-refractivity contribution is 5.90. The number of benzene rings is 2. The van der Waals surface area contributed by atoms with E-state index in [4.69, 9.17) is 0 Å². The Morgan fingerprint density at radius 2 is 1.69 bits per heavy atom. The van der Waals surface area contributed by atoms with Crippen LogP contribution in [0.25, 0.3) is 0 Å². The fraction of sp³-hybridized carbons (Fsp3) is 0.227. The van der Waals surface area contributed by atoms with Crippen molar-refractivity contribution in [2.45, 2.75) is 33.9 Å². The van der Waals surface area contributed by atoms with Crippen LogP contribution in [0, 0.1) is 20.8 Å². The second-order valence-electron chi connectivity index (χ2n) is 6.61. The van der Waals surface area contributed by atoms with E-state index in [9.17, 15) is 4.79 Å². The van der Waals surface area contributed by atoms with E-state index in [1.165, 1.54) is 11.1 Å². The lowest BCUT2D eigenvalue weighted by Crippen LogP contribution is -2.29. The third kappa shape index (κ3) is 4.14. The van der Waals surface area contributed by atoms with Crippen LogP contribution in [0.15, 0.2) is 60.8 Å². The Hall–Kier alpha value is -3.01. The van der Waals surface area contributed by atoms with Crippen LogP contribution in [-0.2, 0) is 13.1 Å². The number of nitrogens with zero attached hydrogens (tertiary/aromatic N) is 1. The minimum Gasteiger partial charge on any atom is -0.345 e. The Morgan fingerprint density at radius 1 is 0.923 bits per heavy atom. The molecule has 1 heterocycles. The molecule has 0 aliphatic rings. The predicted molar refractivity (Wildman–Crippen MR) is 106 cm³/mol. The Kier molecular flexibility index (Phi) is 5.42. The molecule has 1 aromatic heterocycles. The molecule has 0 fully saturated rings. The molecule has 134 valence electrons. The van der Waals surface area contributed by atoms with Crippen LogP contribution in [0.5, 0.6) is 0 Å².